The Hall–Kier alpha value is -1.43. The molecule has 4 amide bonds. The number of barbiturate groups is 1. The van der Waals surface area contributed by atoms with Crippen molar-refractivity contribution in [3.05, 3.63) is 0 Å². The van der Waals surface area contributed by atoms with E-state index in [1.807, 2.05) is 0 Å². The van der Waals surface area contributed by atoms with E-state index in [2.05, 4.69) is 19.2 Å². The lowest BCUT2D eigenvalue weighted by Gasteiger charge is -2.37. The Labute approximate surface area is 119 Å². The van der Waals surface area contributed by atoms with Crippen LogP contribution in [0.2, 0.25) is 0 Å². The van der Waals surface area contributed by atoms with Crippen molar-refractivity contribution in [2.24, 2.45) is 17.8 Å². The number of amides is 4. The van der Waals surface area contributed by atoms with Gasteiger partial charge in [-0.15, -0.1) is 0 Å². The third-order valence-corrected chi connectivity index (χ3v) is 4.32. The Morgan fingerprint density at radius 1 is 1.15 bits per heavy atom. The van der Waals surface area contributed by atoms with Gasteiger partial charge in [0.25, 0.3) is 0 Å². The van der Waals surface area contributed by atoms with E-state index < -0.39 is 11.9 Å². The zero-order chi connectivity index (χ0) is 15.0. The quantitative estimate of drug-likeness (QED) is 0.772. The molecule has 0 aromatic heterocycles. The number of hydrogen-bond acceptors (Lipinski definition) is 4. The maximum Gasteiger partial charge on any atom is 0.332 e. The first kappa shape index (κ1) is 15.0. The van der Waals surface area contributed by atoms with E-state index in [-0.39, 0.29) is 23.8 Å². The number of hydrogen-bond donors (Lipinski definition) is 1. The molecule has 2 aliphatic heterocycles. The summed E-state index contributed by atoms with van der Waals surface area (Å²) >= 11 is 0. The Bertz CT molecular complexity index is 411. The van der Waals surface area contributed by atoms with Crippen molar-refractivity contribution in [3.63, 3.8) is 0 Å². The van der Waals surface area contributed by atoms with Crippen molar-refractivity contribution in [1.82, 2.24) is 15.1 Å². The van der Waals surface area contributed by atoms with Gasteiger partial charge < -0.3 is 5.32 Å². The van der Waals surface area contributed by atoms with Crippen LogP contribution in [0.4, 0.5) is 4.79 Å². The van der Waals surface area contributed by atoms with E-state index in [1.165, 1.54) is 14.1 Å². The van der Waals surface area contributed by atoms with Crippen LogP contribution in [-0.2, 0) is 9.59 Å². The highest BCUT2D eigenvalue weighted by molar-refractivity contribution is 6.15. The van der Waals surface area contributed by atoms with Gasteiger partial charge in [-0.1, -0.05) is 13.8 Å². The average Bonchev–Trinajstić information content (AvgIpc) is 2.82. The summed E-state index contributed by atoms with van der Waals surface area (Å²) < 4.78 is 0. The fourth-order valence-electron chi connectivity index (χ4n) is 3.26. The van der Waals surface area contributed by atoms with Crippen LogP contribution in [0.1, 0.15) is 26.7 Å². The zero-order valence-electron chi connectivity index (χ0n) is 12.5. The average molecular weight is 281 g/mol. The summed E-state index contributed by atoms with van der Waals surface area (Å²) in [5, 5.41) is 3.39. The molecule has 2 atom stereocenters. The first-order chi connectivity index (χ1) is 9.34. The fourth-order valence-corrected chi connectivity index (χ4v) is 3.26. The summed E-state index contributed by atoms with van der Waals surface area (Å²) in [5.41, 5.74) is 0. The van der Waals surface area contributed by atoms with Crippen LogP contribution in [0.3, 0.4) is 0 Å². The van der Waals surface area contributed by atoms with Crippen LogP contribution in [-0.4, -0.2) is 54.3 Å². The number of urea groups is 1. The van der Waals surface area contributed by atoms with Gasteiger partial charge in [0.2, 0.25) is 11.8 Å². The van der Waals surface area contributed by atoms with Crippen molar-refractivity contribution >= 4 is 17.8 Å². The van der Waals surface area contributed by atoms with Gasteiger partial charge in [-0.05, 0) is 31.2 Å². The number of rotatable bonds is 3. The molecule has 0 aromatic rings. The number of imide groups is 2. The maximum atomic E-state index is 12.3. The minimum atomic E-state index is -0.721. The molecule has 2 unspecified atom stereocenters. The molecule has 6 heteroatoms. The number of nitrogens with zero attached hydrogens (tertiary/aromatic N) is 2. The summed E-state index contributed by atoms with van der Waals surface area (Å²) in [7, 11) is 2.89. The maximum absolute atomic E-state index is 12.3. The molecule has 112 valence electrons. The highest BCUT2D eigenvalue weighted by Crippen LogP contribution is 2.32. The van der Waals surface area contributed by atoms with Crippen molar-refractivity contribution in [2.45, 2.75) is 32.7 Å². The van der Waals surface area contributed by atoms with Crippen LogP contribution in [0, 0.1) is 17.8 Å². The largest absolute Gasteiger partial charge is 0.332 e. The van der Waals surface area contributed by atoms with Gasteiger partial charge in [0.15, 0.2) is 0 Å². The molecular formula is C14H23N3O3. The lowest BCUT2D eigenvalue weighted by molar-refractivity contribution is -0.150. The van der Waals surface area contributed by atoms with Gasteiger partial charge >= 0.3 is 6.03 Å². The van der Waals surface area contributed by atoms with Crippen molar-refractivity contribution in [3.8, 4) is 0 Å². The van der Waals surface area contributed by atoms with E-state index in [0.717, 1.165) is 29.2 Å². The molecule has 2 saturated heterocycles. The van der Waals surface area contributed by atoms with Gasteiger partial charge in [0, 0.05) is 20.1 Å². The van der Waals surface area contributed by atoms with Gasteiger partial charge in [0.05, 0.1) is 0 Å². The molecule has 0 spiro atoms. The molecule has 2 rings (SSSR count). The SMILES string of the molecule is CC(C)CC1NCCC1C1C(=O)N(C)C(=O)N(C)C1=O. The molecule has 0 bridgehead atoms. The van der Waals surface area contributed by atoms with Crippen LogP contribution < -0.4 is 5.32 Å². The van der Waals surface area contributed by atoms with E-state index in [9.17, 15) is 14.4 Å². The van der Waals surface area contributed by atoms with Gasteiger partial charge in [-0.3, -0.25) is 19.4 Å². The molecule has 20 heavy (non-hydrogen) atoms. The minimum Gasteiger partial charge on any atom is -0.314 e. The summed E-state index contributed by atoms with van der Waals surface area (Å²) in [6, 6.07) is -0.370. The summed E-state index contributed by atoms with van der Waals surface area (Å²) in [4.78, 5) is 38.6. The Morgan fingerprint density at radius 3 is 2.20 bits per heavy atom. The molecule has 0 aromatic carbocycles. The molecular weight excluding hydrogens is 258 g/mol. The second-order valence-electron chi connectivity index (χ2n) is 6.20. The summed E-state index contributed by atoms with van der Waals surface area (Å²) in [6.07, 6.45) is 1.73. The van der Waals surface area contributed by atoms with Crippen molar-refractivity contribution in [2.75, 3.05) is 20.6 Å². The lowest BCUT2D eigenvalue weighted by Crippen LogP contribution is -2.59. The van der Waals surface area contributed by atoms with Crippen LogP contribution >= 0.6 is 0 Å². The highest BCUT2D eigenvalue weighted by Gasteiger charge is 2.49. The Morgan fingerprint density at radius 2 is 1.70 bits per heavy atom. The predicted octanol–water partition coefficient (Wildman–Crippen LogP) is 0.677. The van der Waals surface area contributed by atoms with Crippen molar-refractivity contribution < 1.29 is 14.4 Å². The lowest BCUT2D eigenvalue weighted by atomic mass is 9.80. The zero-order valence-corrected chi connectivity index (χ0v) is 12.5. The molecule has 0 saturated carbocycles. The molecule has 6 nitrogen and oxygen atoms in total. The Kier molecular flexibility index (Phi) is 4.13. The van der Waals surface area contributed by atoms with E-state index in [1.54, 1.807) is 0 Å². The van der Waals surface area contributed by atoms with Crippen LogP contribution in [0.25, 0.3) is 0 Å². The van der Waals surface area contributed by atoms with Gasteiger partial charge in [0.1, 0.15) is 5.92 Å². The van der Waals surface area contributed by atoms with Crippen LogP contribution in [0.5, 0.6) is 0 Å². The number of nitrogens with one attached hydrogen (secondary N) is 1. The standard InChI is InChI=1S/C14H23N3O3/c1-8(2)7-10-9(5-6-15-10)11-12(18)16(3)14(20)17(4)13(11)19/h8-11,15H,5-7H2,1-4H3. The highest BCUT2D eigenvalue weighted by atomic mass is 16.2. The molecule has 1 N–H and O–H groups in total. The fraction of sp³-hybridized carbons (Fsp3) is 0.786. The Balaban J connectivity index is 2.23. The topological polar surface area (TPSA) is 69.7 Å². The van der Waals surface area contributed by atoms with Gasteiger partial charge in [-0.25, -0.2) is 4.79 Å². The third kappa shape index (κ3) is 2.44. The molecule has 2 fully saturated rings. The molecule has 2 heterocycles. The predicted molar refractivity (Wildman–Crippen MR) is 73.8 cm³/mol. The molecule has 0 aliphatic carbocycles. The van der Waals surface area contributed by atoms with E-state index in [4.69, 9.17) is 0 Å². The normalized spacial score (nSPS) is 28.9. The first-order valence-corrected chi connectivity index (χ1v) is 7.17. The molecule has 2 aliphatic rings. The van der Waals surface area contributed by atoms with Crippen molar-refractivity contribution in [1.29, 1.82) is 0 Å². The monoisotopic (exact) mass is 281 g/mol. The third-order valence-electron chi connectivity index (χ3n) is 4.32. The smallest absolute Gasteiger partial charge is 0.314 e. The number of carbonyl (C=O) groups is 3. The summed E-state index contributed by atoms with van der Waals surface area (Å²) in [6.45, 7) is 5.08. The second-order valence-corrected chi connectivity index (χ2v) is 6.20. The first-order valence-electron chi connectivity index (χ1n) is 7.17. The van der Waals surface area contributed by atoms with E-state index in [0.29, 0.717) is 5.92 Å². The van der Waals surface area contributed by atoms with E-state index >= 15 is 0 Å². The minimum absolute atomic E-state index is 0.0181. The van der Waals surface area contributed by atoms with Crippen LogP contribution in [0.15, 0.2) is 0 Å². The molecule has 0 radical (unpaired) electrons. The number of carbonyl (C=O) groups excluding carboxylic acids is 3. The summed E-state index contributed by atoms with van der Waals surface area (Å²) in [5.74, 6) is -0.961. The van der Waals surface area contributed by atoms with Gasteiger partial charge in [-0.2, -0.15) is 0 Å². The second kappa shape index (κ2) is 5.52.